The fraction of sp³-hybridized carbons (Fsp3) is 0.714. The number of esters is 1. The summed E-state index contributed by atoms with van der Waals surface area (Å²) in [6, 6.07) is -0.323. The van der Waals surface area contributed by atoms with Gasteiger partial charge in [-0.05, 0) is 19.8 Å². The number of rotatable bonds is 12. The van der Waals surface area contributed by atoms with E-state index in [9.17, 15) is 14.2 Å². The van der Waals surface area contributed by atoms with Crippen molar-refractivity contribution < 1.29 is 27.9 Å². The van der Waals surface area contributed by atoms with Crippen LogP contribution >= 0.6 is 7.60 Å². The van der Waals surface area contributed by atoms with Gasteiger partial charge in [0.05, 0.1) is 12.7 Å². The lowest BCUT2D eigenvalue weighted by atomic mass is 10.2. The first kappa shape index (κ1) is 21.6. The van der Waals surface area contributed by atoms with Gasteiger partial charge < -0.3 is 24.4 Å². The molecule has 0 aliphatic heterocycles. The molecule has 23 heavy (non-hydrogen) atoms. The van der Waals surface area contributed by atoms with Gasteiger partial charge in [-0.1, -0.05) is 13.0 Å². The number of ether oxygens (including phenoxy) is 1. The summed E-state index contributed by atoms with van der Waals surface area (Å²) in [5.41, 5.74) is 0.320. The first-order valence-electron chi connectivity index (χ1n) is 7.39. The van der Waals surface area contributed by atoms with Gasteiger partial charge >= 0.3 is 19.6 Å². The zero-order valence-electron chi connectivity index (χ0n) is 14.1. The number of hydrogen-bond acceptors (Lipinski definition) is 6. The third kappa shape index (κ3) is 10.9. The van der Waals surface area contributed by atoms with Crippen molar-refractivity contribution in [3.05, 3.63) is 12.2 Å². The van der Waals surface area contributed by atoms with E-state index in [1.165, 1.54) is 14.2 Å². The predicted molar refractivity (Wildman–Crippen MR) is 87.5 cm³/mol. The van der Waals surface area contributed by atoms with E-state index in [4.69, 9.17) is 13.8 Å². The number of urea groups is 1. The lowest BCUT2D eigenvalue weighted by molar-refractivity contribution is -0.138. The highest BCUT2D eigenvalue weighted by Gasteiger charge is 2.19. The van der Waals surface area contributed by atoms with Gasteiger partial charge in [-0.25, -0.2) is 9.59 Å². The largest absolute Gasteiger partial charge is 0.460 e. The summed E-state index contributed by atoms with van der Waals surface area (Å²) in [4.78, 5) is 22.5. The molecule has 8 nitrogen and oxygen atoms in total. The van der Waals surface area contributed by atoms with Crippen molar-refractivity contribution in [3.63, 3.8) is 0 Å². The van der Waals surface area contributed by atoms with Crippen molar-refractivity contribution in [3.8, 4) is 0 Å². The average Bonchev–Trinajstić information content (AvgIpc) is 2.54. The lowest BCUT2D eigenvalue weighted by Crippen LogP contribution is -2.38. The van der Waals surface area contributed by atoms with Crippen molar-refractivity contribution in [2.75, 3.05) is 40.1 Å². The van der Waals surface area contributed by atoms with Crippen LogP contribution < -0.4 is 10.6 Å². The van der Waals surface area contributed by atoms with Gasteiger partial charge in [-0.3, -0.25) is 4.57 Å². The second-order valence-electron chi connectivity index (χ2n) is 4.86. The van der Waals surface area contributed by atoms with Crippen LogP contribution in [0.1, 0.15) is 26.2 Å². The maximum atomic E-state index is 11.8. The van der Waals surface area contributed by atoms with Gasteiger partial charge in [0.25, 0.3) is 0 Å². The minimum absolute atomic E-state index is 0.0996. The third-order valence-electron chi connectivity index (χ3n) is 2.92. The maximum Gasteiger partial charge on any atom is 0.333 e. The van der Waals surface area contributed by atoms with E-state index in [0.717, 1.165) is 12.8 Å². The van der Waals surface area contributed by atoms with Crippen molar-refractivity contribution in [2.24, 2.45) is 0 Å². The Morgan fingerprint density at radius 2 is 1.65 bits per heavy atom. The molecule has 9 heteroatoms. The summed E-state index contributed by atoms with van der Waals surface area (Å²) in [5.74, 6) is -0.475. The van der Waals surface area contributed by atoms with E-state index in [2.05, 4.69) is 17.2 Å². The molecule has 0 aromatic heterocycles. The van der Waals surface area contributed by atoms with Crippen LogP contribution in [0.4, 0.5) is 4.79 Å². The number of hydrogen-bond donors (Lipinski definition) is 2. The van der Waals surface area contributed by atoms with Gasteiger partial charge in [0.1, 0.15) is 6.61 Å². The molecule has 0 aromatic carbocycles. The summed E-state index contributed by atoms with van der Waals surface area (Å²) < 4.78 is 26.3. The first-order valence-corrected chi connectivity index (χ1v) is 9.12. The van der Waals surface area contributed by atoms with Crippen LogP contribution in [-0.4, -0.2) is 52.1 Å². The Labute approximate surface area is 137 Å². The highest BCUT2D eigenvalue weighted by atomic mass is 31.2. The van der Waals surface area contributed by atoms with Gasteiger partial charge in [0, 0.05) is 26.3 Å². The van der Waals surface area contributed by atoms with Crippen LogP contribution in [0.25, 0.3) is 0 Å². The molecule has 2 N–H and O–H groups in total. The molecule has 0 aromatic rings. The van der Waals surface area contributed by atoms with Gasteiger partial charge in [0.15, 0.2) is 0 Å². The molecule has 0 atom stereocenters. The molecule has 0 aliphatic rings. The van der Waals surface area contributed by atoms with Crippen molar-refractivity contribution in [2.45, 2.75) is 26.2 Å². The number of carbonyl (C=O) groups is 2. The van der Waals surface area contributed by atoms with E-state index >= 15 is 0 Å². The smallest absolute Gasteiger partial charge is 0.333 e. The Balaban J connectivity index is 3.56. The molecule has 0 saturated carbocycles. The second-order valence-corrected chi connectivity index (χ2v) is 7.26. The van der Waals surface area contributed by atoms with Crippen molar-refractivity contribution >= 4 is 19.6 Å². The van der Waals surface area contributed by atoms with Crippen molar-refractivity contribution in [1.82, 2.24) is 10.6 Å². The maximum absolute atomic E-state index is 11.8. The molecule has 0 aliphatic carbocycles. The fourth-order valence-electron chi connectivity index (χ4n) is 1.56. The SMILES string of the molecule is C=C(C)C(=O)OCCNC(=O)NCCCCCP(=O)(OC)OC. The normalized spacial score (nSPS) is 10.9. The second kappa shape index (κ2) is 12.1. The number of carbonyl (C=O) groups excluding carboxylic acids is 2. The average molecular weight is 350 g/mol. The third-order valence-corrected chi connectivity index (χ3v) is 4.90. The highest BCUT2D eigenvalue weighted by molar-refractivity contribution is 7.53. The molecule has 0 rings (SSSR count). The summed E-state index contributed by atoms with van der Waals surface area (Å²) in [6.07, 6.45) is 2.61. The molecule has 0 saturated heterocycles. The van der Waals surface area contributed by atoms with Gasteiger partial charge in [0.2, 0.25) is 0 Å². The van der Waals surface area contributed by atoms with Gasteiger partial charge in [-0.2, -0.15) is 0 Å². The molecule has 2 amide bonds. The van der Waals surface area contributed by atoms with Crippen LogP contribution in [-0.2, 0) is 23.1 Å². The lowest BCUT2D eigenvalue weighted by Gasteiger charge is -2.13. The van der Waals surface area contributed by atoms with Crippen molar-refractivity contribution in [1.29, 1.82) is 0 Å². The molecule has 0 unspecified atom stereocenters. The minimum Gasteiger partial charge on any atom is -0.460 e. The van der Waals surface area contributed by atoms with Crippen LogP contribution in [0.5, 0.6) is 0 Å². The Morgan fingerprint density at radius 3 is 2.22 bits per heavy atom. The Hall–Kier alpha value is -1.37. The standard InChI is InChI=1S/C14H27N2O6P/c1-12(2)13(17)22-10-9-16-14(18)15-8-6-5-7-11-23(19,20-3)21-4/h1,5-11H2,2-4H3,(H2,15,16,18). The molecular formula is C14H27N2O6P. The number of unbranched alkanes of at least 4 members (excludes halogenated alkanes) is 2. The van der Waals surface area contributed by atoms with E-state index in [1.54, 1.807) is 6.92 Å². The Morgan fingerprint density at radius 1 is 1.04 bits per heavy atom. The van der Waals surface area contributed by atoms with E-state index < -0.39 is 13.6 Å². The molecular weight excluding hydrogens is 323 g/mol. The molecule has 0 bridgehead atoms. The van der Waals surface area contributed by atoms with E-state index in [-0.39, 0.29) is 19.2 Å². The number of nitrogens with one attached hydrogen (secondary N) is 2. The number of amides is 2. The predicted octanol–water partition coefficient (Wildman–Crippen LogP) is 2.06. The molecule has 0 radical (unpaired) electrons. The van der Waals surface area contributed by atoms with E-state index in [0.29, 0.717) is 24.7 Å². The van der Waals surface area contributed by atoms with Crippen LogP contribution in [0.15, 0.2) is 12.2 Å². The zero-order chi connectivity index (χ0) is 17.7. The van der Waals surface area contributed by atoms with Crippen LogP contribution in [0.3, 0.4) is 0 Å². The quantitative estimate of drug-likeness (QED) is 0.242. The monoisotopic (exact) mass is 350 g/mol. The first-order chi connectivity index (χ1) is 10.8. The molecule has 134 valence electrons. The summed E-state index contributed by atoms with van der Waals surface area (Å²) >= 11 is 0. The van der Waals surface area contributed by atoms with Gasteiger partial charge in [-0.15, -0.1) is 0 Å². The summed E-state index contributed by atoms with van der Waals surface area (Å²) in [5, 5.41) is 5.25. The molecule has 0 spiro atoms. The van der Waals surface area contributed by atoms with Crippen LogP contribution in [0, 0.1) is 0 Å². The summed E-state index contributed by atoms with van der Waals surface area (Å²) in [7, 11) is -0.200. The highest BCUT2D eigenvalue weighted by Crippen LogP contribution is 2.46. The Kier molecular flexibility index (Phi) is 11.4. The molecule has 0 heterocycles. The molecule has 0 fully saturated rings. The van der Waals surface area contributed by atoms with Crippen LogP contribution in [0.2, 0.25) is 0 Å². The topological polar surface area (TPSA) is 103 Å². The minimum atomic E-state index is -2.93. The zero-order valence-corrected chi connectivity index (χ0v) is 14.9. The fourth-order valence-corrected chi connectivity index (χ4v) is 2.69. The Bertz CT molecular complexity index is 433. The summed E-state index contributed by atoms with van der Waals surface area (Å²) in [6.45, 7) is 5.84. The van der Waals surface area contributed by atoms with E-state index in [1.807, 2.05) is 0 Å².